The summed E-state index contributed by atoms with van der Waals surface area (Å²) in [4.78, 5) is 6.87. The Morgan fingerprint density at radius 2 is 2.06 bits per heavy atom. The molecule has 2 heterocycles. The summed E-state index contributed by atoms with van der Waals surface area (Å²) >= 11 is 0. The molecule has 2 N–H and O–H groups in total. The molecule has 1 aliphatic rings. The zero-order chi connectivity index (χ0) is 22.9. The molecular weight excluding hydrogens is 447 g/mol. The van der Waals surface area contributed by atoms with Crippen LogP contribution < -0.4 is 9.46 Å². The number of benzene rings is 1. The normalized spacial score (nSPS) is 20.6. The molecule has 0 spiro atoms. The lowest BCUT2D eigenvalue weighted by Crippen LogP contribution is -2.38. The number of halogens is 3. The first-order valence-corrected chi connectivity index (χ1v) is 11.3. The number of aromatic amines is 1. The Morgan fingerprint density at radius 1 is 1.25 bits per heavy atom. The molecule has 1 saturated carbocycles. The van der Waals surface area contributed by atoms with Gasteiger partial charge in [-0.05, 0) is 37.1 Å². The summed E-state index contributed by atoms with van der Waals surface area (Å²) in [6, 6.07) is 5.02. The van der Waals surface area contributed by atoms with Crippen LogP contribution in [-0.4, -0.2) is 40.6 Å². The summed E-state index contributed by atoms with van der Waals surface area (Å²) in [5.74, 6) is -4.48. The summed E-state index contributed by atoms with van der Waals surface area (Å²) in [6.07, 6.45) is 2.56. The van der Waals surface area contributed by atoms with Gasteiger partial charge in [0, 0.05) is 42.9 Å². The third-order valence-corrected chi connectivity index (χ3v) is 6.67. The second kappa shape index (κ2) is 8.41. The molecule has 0 amide bonds. The quantitative estimate of drug-likeness (QED) is 0.571. The Labute approximate surface area is 182 Å². The largest absolute Gasteiger partial charge is 0.489 e. The summed E-state index contributed by atoms with van der Waals surface area (Å²) in [7, 11) is -4.26. The molecule has 0 bridgehead atoms. The number of sulfonamides is 1. The molecule has 0 unspecified atom stereocenters. The van der Waals surface area contributed by atoms with Gasteiger partial charge in [-0.25, -0.2) is 31.6 Å². The number of aromatic nitrogens is 4. The third kappa shape index (κ3) is 4.69. The van der Waals surface area contributed by atoms with E-state index in [2.05, 4.69) is 24.9 Å². The van der Waals surface area contributed by atoms with Crippen molar-refractivity contribution < 1.29 is 26.3 Å². The van der Waals surface area contributed by atoms with E-state index in [0.717, 1.165) is 18.5 Å². The number of anilines is 1. The molecule has 3 aromatic rings. The predicted octanol–water partition coefficient (Wildman–Crippen LogP) is 3.80. The standard InChI is InChI=1S/C20H20F3N5O3S/c1-12-8-18(32(29,30)28-19-4-6-24-11-25-19)14(21)9-17(12)31-16-2-5-20(22,23)10-13(16)15-3-7-26-27-15/h3-4,6-9,11,13,16H,2,5,10H2,1H3,(H,26,27)(H,24,25,28)/t13-,16+/m1/s1. The fourth-order valence-electron chi connectivity index (χ4n) is 3.71. The van der Waals surface area contributed by atoms with Gasteiger partial charge >= 0.3 is 0 Å². The molecule has 170 valence electrons. The number of aryl methyl sites for hydroxylation is 1. The molecule has 2 aromatic heterocycles. The number of alkyl halides is 2. The van der Waals surface area contributed by atoms with Gasteiger partial charge in [0.15, 0.2) is 0 Å². The number of hydrogen-bond acceptors (Lipinski definition) is 6. The smallest absolute Gasteiger partial charge is 0.265 e. The van der Waals surface area contributed by atoms with Crippen LogP contribution in [0.25, 0.3) is 0 Å². The molecule has 1 aromatic carbocycles. The van der Waals surface area contributed by atoms with Crippen LogP contribution in [0.4, 0.5) is 19.0 Å². The topological polar surface area (TPSA) is 110 Å². The maximum atomic E-state index is 14.8. The summed E-state index contributed by atoms with van der Waals surface area (Å²) in [5, 5.41) is 6.53. The van der Waals surface area contributed by atoms with Crippen molar-refractivity contribution in [2.24, 2.45) is 0 Å². The van der Waals surface area contributed by atoms with Crippen LogP contribution in [0.15, 0.2) is 47.9 Å². The van der Waals surface area contributed by atoms with Crippen LogP contribution in [0.5, 0.6) is 5.75 Å². The van der Waals surface area contributed by atoms with Crippen molar-refractivity contribution in [3.8, 4) is 5.75 Å². The Balaban J connectivity index is 1.59. The fourth-order valence-corrected chi connectivity index (χ4v) is 4.86. The lowest BCUT2D eigenvalue weighted by Gasteiger charge is -2.35. The first-order valence-electron chi connectivity index (χ1n) is 9.77. The van der Waals surface area contributed by atoms with Crippen molar-refractivity contribution in [2.45, 2.75) is 49.0 Å². The maximum Gasteiger partial charge on any atom is 0.265 e. The summed E-state index contributed by atoms with van der Waals surface area (Å²) < 4.78 is 76.2. The minimum absolute atomic E-state index is 0.0112. The zero-order valence-corrected chi connectivity index (χ0v) is 17.7. The van der Waals surface area contributed by atoms with Gasteiger partial charge in [-0.3, -0.25) is 9.82 Å². The van der Waals surface area contributed by atoms with Gasteiger partial charge in [0.05, 0.1) is 0 Å². The molecule has 0 aliphatic heterocycles. The molecular formula is C20H20F3N5O3S. The number of ether oxygens (including phenoxy) is 1. The lowest BCUT2D eigenvalue weighted by molar-refractivity contribution is -0.0694. The van der Waals surface area contributed by atoms with Crippen LogP contribution in [0, 0.1) is 12.7 Å². The molecule has 1 aliphatic carbocycles. The van der Waals surface area contributed by atoms with Crippen LogP contribution >= 0.6 is 0 Å². The van der Waals surface area contributed by atoms with E-state index in [0.29, 0.717) is 11.3 Å². The van der Waals surface area contributed by atoms with Gasteiger partial charge in [-0.15, -0.1) is 0 Å². The van der Waals surface area contributed by atoms with Gasteiger partial charge in [0.25, 0.3) is 10.0 Å². The number of hydrogen-bond donors (Lipinski definition) is 2. The molecule has 0 saturated heterocycles. The summed E-state index contributed by atoms with van der Waals surface area (Å²) in [6.45, 7) is 1.56. The number of H-pyrrole nitrogens is 1. The Bertz CT molecular complexity index is 1190. The van der Waals surface area contributed by atoms with Crippen LogP contribution in [0.2, 0.25) is 0 Å². The molecule has 12 heteroatoms. The average Bonchev–Trinajstić information content (AvgIpc) is 3.26. The van der Waals surface area contributed by atoms with E-state index in [1.165, 1.54) is 18.5 Å². The Kier molecular flexibility index (Phi) is 5.80. The monoisotopic (exact) mass is 467 g/mol. The summed E-state index contributed by atoms with van der Waals surface area (Å²) in [5.41, 5.74) is 0.843. The number of rotatable bonds is 6. The molecule has 2 atom stereocenters. The van der Waals surface area contributed by atoms with Crippen molar-refractivity contribution in [1.29, 1.82) is 0 Å². The molecule has 1 fully saturated rings. The molecule has 4 rings (SSSR count). The molecule has 8 nitrogen and oxygen atoms in total. The van der Waals surface area contributed by atoms with Gasteiger partial charge in [0.1, 0.15) is 34.7 Å². The highest BCUT2D eigenvalue weighted by Crippen LogP contribution is 2.43. The SMILES string of the molecule is Cc1cc(S(=O)(=O)Nc2ccncn2)c(F)cc1O[C@H]1CCC(F)(F)C[C@@H]1c1ccn[nH]1. The van der Waals surface area contributed by atoms with Crippen LogP contribution in [-0.2, 0) is 10.0 Å². The first kappa shape index (κ1) is 22.1. The lowest BCUT2D eigenvalue weighted by atomic mass is 9.82. The average molecular weight is 467 g/mol. The highest BCUT2D eigenvalue weighted by Gasteiger charge is 2.44. The Morgan fingerprint density at radius 3 is 2.75 bits per heavy atom. The van der Waals surface area contributed by atoms with Crippen molar-refractivity contribution >= 4 is 15.8 Å². The van der Waals surface area contributed by atoms with Gasteiger partial charge in [-0.2, -0.15) is 5.10 Å². The van der Waals surface area contributed by atoms with E-state index >= 15 is 0 Å². The van der Waals surface area contributed by atoms with E-state index in [1.807, 2.05) is 0 Å². The highest BCUT2D eigenvalue weighted by atomic mass is 32.2. The maximum absolute atomic E-state index is 14.8. The van der Waals surface area contributed by atoms with E-state index in [4.69, 9.17) is 4.74 Å². The fraction of sp³-hybridized carbons (Fsp3) is 0.350. The number of nitrogens with zero attached hydrogens (tertiary/aromatic N) is 3. The van der Waals surface area contributed by atoms with Crippen molar-refractivity contribution in [2.75, 3.05) is 4.72 Å². The third-order valence-electron chi connectivity index (χ3n) is 5.30. The highest BCUT2D eigenvalue weighted by molar-refractivity contribution is 7.92. The van der Waals surface area contributed by atoms with Crippen molar-refractivity contribution in [3.05, 3.63) is 60.1 Å². The van der Waals surface area contributed by atoms with Crippen molar-refractivity contribution in [3.63, 3.8) is 0 Å². The van der Waals surface area contributed by atoms with Crippen LogP contribution in [0.3, 0.4) is 0 Å². The molecule has 0 radical (unpaired) electrons. The van der Waals surface area contributed by atoms with E-state index in [1.54, 1.807) is 13.0 Å². The molecule has 32 heavy (non-hydrogen) atoms. The van der Waals surface area contributed by atoms with Gasteiger partial charge in [-0.1, -0.05) is 0 Å². The van der Waals surface area contributed by atoms with E-state index in [9.17, 15) is 21.6 Å². The number of nitrogens with one attached hydrogen (secondary N) is 2. The van der Waals surface area contributed by atoms with Gasteiger partial charge < -0.3 is 4.74 Å². The minimum atomic E-state index is -4.26. The second-order valence-electron chi connectivity index (χ2n) is 7.62. The predicted molar refractivity (Wildman–Crippen MR) is 109 cm³/mol. The Hall–Kier alpha value is -3.15. The van der Waals surface area contributed by atoms with Gasteiger partial charge in [0.2, 0.25) is 5.92 Å². The van der Waals surface area contributed by atoms with E-state index < -0.39 is 45.1 Å². The van der Waals surface area contributed by atoms with Crippen molar-refractivity contribution in [1.82, 2.24) is 20.2 Å². The van der Waals surface area contributed by atoms with Crippen LogP contribution in [0.1, 0.15) is 36.4 Å². The second-order valence-corrected chi connectivity index (χ2v) is 9.27. The minimum Gasteiger partial charge on any atom is -0.489 e. The first-order chi connectivity index (χ1) is 15.1. The zero-order valence-electron chi connectivity index (χ0n) is 16.9. The van der Waals surface area contributed by atoms with E-state index in [-0.39, 0.29) is 24.4 Å².